The molecule has 30 heavy (non-hydrogen) atoms. The number of hydrogen-bond acceptors (Lipinski definition) is 4. The molecule has 152 valence electrons. The van der Waals surface area contributed by atoms with E-state index in [1.165, 1.54) is 0 Å². The van der Waals surface area contributed by atoms with E-state index in [0.29, 0.717) is 34.7 Å². The van der Waals surface area contributed by atoms with Crippen molar-refractivity contribution in [2.45, 2.75) is 23.5 Å². The van der Waals surface area contributed by atoms with Gasteiger partial charge in [-0.05, 0) is 61.4 Å². The highest BCUT2D eigenvalue weighted by atomic mass is 32.2. The van der Waals surface area contributed by atoms with Gasteiger partial charge in [0.15, 0.2) is 5.78 Å². The molecule has 1 aliphatic heterocycles. The molecule has 0 saturated carbocycles. The van der Waals surface area contributed by atoms with Crippen molar-refractivity contribution >= 4 is 33.9 Å². The maximum absolute atomic E-state index is 13.1. The molecule has 2 N–H and O–H groups in total. The van der Waals surface area contributed by atoms with E-state index < -0.39 is 16.0 Å². The summed E-state index contributed by atoms with van der Waals surface area (Å²) in [5.41, 5.74) is 3.42. The summed E-state index contributed by atoms with van der Waals surface area (Å²) in [7, 11) is -1.42. The number of anilines is 2. The Hall–Kier alpha value is -3.25. The molecule has 1 aliphatic rings. The number of Topliss-reactive ketones (excluding diaryl/α,β-unsaturated/α-hetero) is 1. The monoisotopic (exact) mass is 418 g/mol. The largest absolute Gasteiger partial charge is 0.384 e. The quantitative estimate of drug-likeness (QED) is 0.615. The SMILES string of the molecule is Cc1ccccc1C(=O)Nc1ccc(C(=O)C2CCNc3ccccc3S2=O)cc1. The Morgan fingerprint density at radius 3 is 2.43 bits per heavy atom. The number of nitrogens with one attached hydrogen (secondary N) is 2. The Bertz CT molecular complexity index is 1130. The zero-order valence-corrected chi connectivity index (χ0v) is 17.4. The van der Waals surface area contributed by atoms with Crippen molar-refractivity contribution in [3.8, 4) is 0 Å². The van der Waals surface area contributed by atoms with E-state index in [1.807, 2.05) is 43.3 Å². The molecule has 0 spiro atoms. The van der Waals surface area contributed by atoms with Gasteiger partial charge in [0.2, 0.25) is 0 Å². The van der Waals surface area contributed by atoms with Crippen LogP contribution >= 0.6 is 0 Å². The lowest BCUT2D eigenvalue weighted by Gasteiger charge is -2.13. The first-order chi connectivity index (χ1) is 14.5. The zero-order valence-electron chi connectivity index (χ0n) is 16.6. The standard InChI is InChI=1S/C24H22N2O3S/c1-16-6-2-3-7-19(16)24(28)26-18-12-10-17(11-13-18)23(27)22-14-15-25-20-8-4-5-9-21(20)30(22)29/h2-13,22,25H,14-15H2,1H3,(H,26,28). The number of amides is 1. The summed E-state index contributed by atoms with van der Waals surface area (Å²) in [6.07, 6.45) is 0.492. The lowest BCUT2D eigenvalue weighted by Crippen LogP contribution is -2.26. The molecule has 2 atom stereocenters. The topological polar surface area (TPSA) is 75.3 Å². The fraction of sp³-hybridized carbons (Fsp3) is 0.167. The first kappa shape index (κ1) is 20.0. The van der Waals surface area contributed by atoms with Crippen molar-refractivity contribution in [1.82, 2.24) is 0 Å². The fourth-order valence-electron chi connectivity index (χ4n) is 3.54. The van der Waals surface area contributed by atoms with Gasteiger partial charge in [0.25, 0.3) is 5.91 Å². The molecule has 6 heteroatoms. The Labute approximate surface area is 178 Å². The molecule has 0 aromatic heterocycles. The third kappa shape index (κ3) is 4.04. The van der Waals surface area contributed by atoms with Gasteiger partial charge in [0.1, 0.15) is 5.25 Å². The van der Waals surface area contributed by atoms with Crippen LogP contribution in [0.1, 0.15) is 32.7 Å². The number of hydrogen-bond donors (Lipinski definition) is 2. The lowest BCUT2D eigenvalue weighted by molar-refractivity contribution is 0.0985. The van der Waals surface area contributed by atoms with Gasteiger partial charge in [-0.2, -0.15) is 0 Å². The van der Waals surface area contributed by atoms with Gasteiger partial charge < -0.3 is 10.6 Å². The maximum Gasteiger partial charge on any atom is 0.255 e. The van der Waals surface area contributed by atoms with Crippen molar-refractivity contribution in [2.24, 2.45) is 0 Å². The molecule has 3 aromatic carbocycles. The molecule has 1 amide bonds. The van der Waals surface area contributed by atoms with E-state index >= 15 is 0 Å². The first-order valence-electron chi connectivity index (χ1n) is 9.79. The molecule has 0 aliphatic carbocycles. The number of ketones is 1. The van der Waals surface area contributed by atoms with Gasteiger partial charge in [-0.25, -0.2) is 0 Å². The van der Waals surface area contributed by atoms with Crippen LogP contribution in [0.25, 0.3) is 0 Å². The van der Waals surface area contributed by atoms with E-state index in [0.717, 1.165) is 11.3 Å². The Balaban J connectivity index is 1.50. The van der Waals surface area contributed by atoms with Gasteiger partial charge in [-0.3, -0.25) is 13.8 Å². The number of carbonyl (C=O) groups is 2. The normalized spacial score (nSPS) is 17.9. The second-order valence-electron chi connectivity index (χ2n) is 7.21. The summed E-state index contributed by atoms with van der Waals surface area (Å²) in [6, 6.07) is 21.5. The predicted molar refractivity (Wildman–Crippen MR) is 120 cm³/mol. The number of benzene rings is 3. The molecule has 0 saturated heterocycles. The minimum Gasteiger partial charge on any atom is -0.384 e. The van der Waals surface area contributed by atoms with Crippen LogP contribution in [0, 0.1) is 6.92 Å². The minimum atomic E-state index is -1.42. The van der Waals surface area contributed by atoms with E-state index in [9.17, 15) is 13.8 Å². The van der Waals surface area contributed by atoms with E-state index in [-0.39, 0.29) is 11.7 Å². The van der Waals surface area contributed by atoms with Crippen LogP contribution in [0.5, 0.6) is 0 Å². The molecule has 5 nitrogen and oxygen atoms in total. The summed E-state index contributed by atoms with van der Waals surface area (Å²) in [6.45, 7) is 2.47. The van der Waals surface area contributed by atoms with Crippen molar-refractivity contribution < 1.29 is 13.8 Å². The summed E-state index contributed by atoms with van der Waals surface area (Å²) in [4.78, 5) is 26.2. The number of para-hydroxylation sites is 1. The number of carbonyl (C=O) groups excluding carboxylic acids is 2. The van der Waals surface area contributed by atoms with Crippen LogP contribution in [0.3, 0.4) is 0 Å². The molecule has 1 heterocycles. The number of rotatable bonds is 4. The Morgan fingerprint density at radius 2 is 1.67 bits per heavy atom. The van der Waals surface area contributed by atoms with Crippen molar-refractivity contribution in [3.63, 3.8) is 0 Å². The number of fused-ring (bicyclic) bond motifs is 1. The molecule has 0 fully saturated rings. The van der Waals surface area contributed by atoms with Crippen LogP contribution in [-0.4, -0.2) is 27.7 Å². The van der Waals surface area contributed by atoms with E-state index in [2.05, 4.69) is 10.6 Å². The van der Waals surface area contributed by atoms with E-state index in [1.54, 1.807) is 36.4 Å². The summed E-state index contributed by atoms with van der Waals surface area (Å²) in [5, 5.41) is 5.50. The fourth-order valence-corrected chi connectivity index (χ4v) is 5.08. The minimum absolute atomic E-state index is 0.149. The van der Waals surface area contributed by atoms with Gasteiger partial charge in [-0.15, -0.1) is 0 Å². The Morgan fingerprint density at radius 1 is 0.967 bits per heavy atom. The molecular weight excluding hydrogens is 396 g/mol. The maximum atomic E-state index is 13.1. The Kier molecular flexibility index (Phi) is 5.77. The van der Waals surface area contributed by atoms with Crippen molar-refractivity contribution in [3.05, 3.63) is 89.5 Å². The van der Waals surface area contributed by atoms with Crippen molar-refractivity contribution in [2.75, 3.05) is 17.2 Å². The predicted octanol–water partition coefficient (Wildman–Crippen LogP) is 4.42. The summed E-state index contributed by atoms with van der Waals surface area (Å²) in [5.74, 6) is -0.344. The lowest BCUT2D eigenvalue weighted by atomic mass is 10.1. The van der Waals surface area contributed by atoms with Crippen LogP contribution in [0.4, 0.5) is 11.4 Å². The van der Waals surface area contributed by atoms with Crippen LogP contribution in [0.15, 0.2) is 77.7 Å². The zero-order chi connectivity index (χ0) is 21.1. The van der Waals surface area contributed by atoms with Crippen molar-refractivity contribution in [1.29, 1.82) is 0 Å². The highest BCUT2D eigenvalue weighted by Crippen LogP contribution is 2.28. The average molecular weight is 419 g/mol. The van der Waals surface area contributed by atoms with Crippen LogP contribution < -0.4 is 10.6 Å². The second kappa shape index (κ2) is 8.63. The van der Waals surface area contributed by atoms with Gasteiger partial charge in [0.05, 0.1) is 21.4 Å². The molecule has 0 bridgehead atoms. The van der Waals surface area contributed by atoms with Gasteiger partial charge in [-0.1, -0.05) is 30.3 Å². The highest BCUT2D eigenvalue weighted by molar-refractivity contribution is 7.86. The average Bonchev–Trinajstić information content (AvgIpc) is 2.93. The second-order valence-corrected chi connectivity index (χ2v) is 8.81. The van der Waals surface area contributed by atoms with Crippen LogP contribution in [-0.2, 0) is 10.8 Å². The third-order valence-corrected chi connectivity index (χ3v) is 6.95. The van der Waals surface area contributed by atoms with Crippen LogP contribution in [0.2, 0.25) is 0 Å². The van der Waals surface area contributed by atoms with Gasteiger partial charge >= 0.3 is 0 Å². The molecule has 2 unspecified atom stereocenters. The summed E-state index contributed by atoms with van der Waals surface area (Å²) < 4.78 is 13.0. The number of aryl methyl sites for hydroxylation is 1. The van der Waals surface area contributed by atoms with Gasteiger partial charge in [0, 0.05) is 23.4 Å². The first-order valence-corrected chi connectivity index (χ1v) is 11.0. The highest BCUT2D eigenvalue weighted by Gasteiger charge is 2.30. The molecule has 0 radical (unpaired) electrons. The van der Waals surface area contributed by atoms with E-state index in [4.69, 9.17) is 0 Å². The smallest absolute Gasteiger partial charge is 0.255 e. The third-order valence-electron chi connectivity index (χ3n) is 5.19. The molecule has 4 rings (SSSR count). The summed E-state index contributed by atoms with van der Waals surface area (Å²) >= 11 is 0. The molecular formula is C24H22N2O3S. The molecule has 3 aromatic rings.